The molecule has 2 nitrogen and oxygen atoms in total. The highest BCUT2D eigenvalue weighted by molar-refractivity contribution is 6.74. The number of rotatable bonds is 6. The van der Waals surface area contributed by atoms with Crippen LogP contribution in [0.1, 0.15) is 59.9 Å². The van der Waals surface area contributed by atoms with Crippen molar-refractivity contribution in [3.05, 3.63) is 47.5 Å². The summed E-state index contributed by atoms with van der Waals surface area (Å²) in [7, 11) is -1.77. The summed E-state index contributed by atoms with van der Waals surface area (Å²) in [6, 6.07) is 10.4. The van der Waals surface area contributed by atoms with Gasteiger partial charge in [-0.1, -0.05) is 83.5 Å². The maximum Gasteiger partial charge on any atom is 0.192 e. The molecule has 0 bridgehead atoms. The van der Waals surface area contributed by atoms with Gasteiger partial charge in [-0.15, -0.1) is 0 Å². The van der Waals surface area contributed by atoms with E-state index in [9.17, 15) is 0 Å². The SMILES string of the molecule is CC1(C)CC[C@H](O[Si](C)(C)C(C)(C)C)[C@]2(C)/C(=C/COCc3ccccc3)[C@H]12. The molecule has 0 spiro atoms. The normalized spacial score (nSPS) is 30.9. The van der Waals surface area contributed by atoms with Crippen molar-refractivity contribution in [2.24, 2.45) is 16.7 Å². The Morgan fingerprint density at radius 2 is 1.75 bits per heavy atom. The fraction of sp³-hybridized carbons (Fsp3) is 0.680. The van der Waals surface area contributed by atoms with Crippen LogP contribution in [0.2, 0.25) is 18.1 Å². The molecular weight excluding hydrogens is 360 g/mol. The highest BCUT2D eigenvalue weighted by atomic mass is 28.4. The van der Waals surface area contributed by atoms with Crippen LogP contribution in [0.4, 0.5) is 0 Å². The van der Waals surface area contributed by atoms with Crippen molar-refractivity contribution < 1.29 is 9.16 Å². The van der Waals surface area contributed by atoms with Gasteiger partial charge in [0.2, 0.25) is 0 Å². The van der Waals surface area contributed by atoms with Gasteiger partial charge >= 0.3 is 0 Å². The number of ether oxygens (including phenoxy) is 1. The van der Waals surface area contributed by atoms with E-state index in [1.807, 2.05) is 6.07 Å². The van der Waals surface area contributed by atoms with Crippen molar-refractivity contribution in [3.63, 3.8) is 0 Å². The average molecular weight is 401 g/mol. The molecule has 0 amide bonds. The summed E-state index contributed by atoms with van der Waals surface area (Å²) in [5, 5.41) is 0.253. The second-order valence-corrected chi connectivity index (χ2v) is 16.0. The molecule has 156 valence electrons. The highest BCUT2D eigenvalue weighted by Gasteiger charge is 2.68. The Morgan fingerprint density at radius 3 is 2.36 bits per heavy atom. The fourth-order valence-electron chi connectivity index (χ4n) is 4.99. The average Bonchev–Trinajstić information content (AvgIpc) is 3.22. The molecule has 3 rings (SSSR count). The van der Waals surface area contributed by atoms with Gasteiger partial charge in [0, 0.05) is 5.41 Å². The van der Waals surface area contributed by atoms with Gasteiger partial charge in [-0.3, -0.25) is 0 Å². The van der Waals surface area contributed by atoms with E-state index in [1.54, 1.807) is 5.57 Å². The minimum atomic E-state index is -1.77. The van der Waals surface area contributed by atoms with E-state index in [2.05, 4.69) is 85.0 Å². The van der Waals surface area contributed by atoms with E-state index < -0.39 is 8.32 Å². The molecule has 0 unspecified atom stereocenters. The summed E-state index contributed by atoms with van der Waals surface area (Å²) in [4.78, 5) is 0. The van der Waals surface area contributed by atoms with Gasteiger partial charge in [0.1, 0.15) is 0 Å². The van der Waals surface area contributed by atoms with E-state index in [1.165, 1.54) is 18.4 Å². The molecule has 0 aromatic heterocycles. The van der Waals surface area contributed by atoms with E-state index in [-0.39, 0.29) is 10.5 Å². The lowest BCUT2D eigenvalue weighted by Gasteiger charge is -2.45. The Labute approximate surface area is 173 Å². The van der Waals surface area contributed by atoms with Gasteiger partial charge in [0.25, 0.3) is 0 Å². The van der Waals surface area contributed by atoms with Crippen LogP contribution in [0.25, 0.3) is 0 Å². The third kappa shape index (κ3) is 4.03. The summed E-state index contributed by atoms with van der Waals surface area (Å²) in [5.74, 6) is 0.629. The molecule has 2 fully saturated rings. The first-order valence-corrected chi connectivity index (χ1v) is 13.8. The quantitative estimate of drug-likeness (QED) is 0.291. The summed E-state index contributed by atoms with van der Waals surface area (Å²) < 4.78 is 12.9. The van der Waals surface area contributed by atoms with E-state index in [0.29, 0.717) is 30.7 Å². The van der Waals surface area contributed by atoms with E-state index in [0.717, 1.165) is 0 Å². The lowest BCUT2D eigenvalue weighted by atomic mass is 9.71. The predicted octanol–water partition coefficient (Wildman–Crippen LogP) is 6.98. The zero-order valence-electron chi connectivity index (χ0n) is 19.3. The van der Waals surface area contributed by atoms with Crippen molar-refractivity contribution in [1.82, 2.24) is 0 Å². The minimum absolute atomic E-state index is 0.188. The summed E-state index contributed by atoms with van der Waals surface area (Å²) >= 11 is 0. The number of hydrogen-bond acceptors (Lipinski definition) is 2. The molecule has 0 aliphatic heterocycles. The molecule has 2 saturated carbocycles. The van der Waals surface area contributed by atoms with Crippen molar-refractivity contribution >= 4 is 8.32 Å². The van der Waals surface area contributed by atoms with E-state index >= 15 is 0 Å². The largest absolute Gasteiger partial charge is 0.413 e. The van der Waals surface area contributed by atoms with E-state index in [4.69, 9.17) is 9.16 Å². The molecule has 3 heteroatoms. The van der Waals surface area contributed by atoms with Crippen LogP contribution in [0.3, 0.4) is 0 Å². The van der Waals surface area contributed by atoms with Gasteiger partial charge in [-0.2, -0.15) is 0 Å². The molecule has 0 radical (unpaired) electrons. The lowest BCUT2D eigenvalue weighted by molar-refractivity contribution is 0.0309. The fourth-order valence-corrected chi connectivity index (χ4v) is 6.41. The summed E-state index contributed by atoms with van der Waals surface area (Å²) in [5.41, 5.74) is 3.35. The van der Waals surface area contributed by atoms with Crippen molar-refractivity contribution in [2.75, 3.05) is 6.61 Å². The summed E-state index contributed by atoms with van der Waals surface area (Å²) in [6.45, 7) is 20.5. The number of benzene rings is 1. The molecule has 28 heavy (non-hydrogen) atoms. The second kappa shape index (κ2) is 7.41. The Balaban J connectivity index is 1.70. The number of hydrogen-bond donors (Lipinski definition) is 0. The molecule has 0 N–H and O–H groups in total. The molecule has 0 heterocycles. The van der Waals surface area contributed by atoms with Crippen LogP contribution >= 0.6 is 0 Å². The Bertz CT molecular complexity index is 714. The highest BCUT2D eigenvalue weighted by Crippen LogP contribution is 2.72. The topological polar surface area (TPSA) is 18.5 Å². The molecule has 2 aliphatic rings. The third-order valence-corrected chi connectivity index (χ3v) is 12.2. The smallest absolute Gasteiger partial charge is 0.192 e. The maximum absolute atomic E-state index is 6.96. The van der Waals surface area contributed by atoms with Crippen molar-refractivity contribution in [1.29, 1.82) is 0 Å². The first-order valence-electron chi connectivity index (χ1n) is 10.9. The van der Waals surface area contributed by atoms with Crippen LogP contribution in [0, 0.1) is 16.7 Å². The monoisotopic (exact) mass is 400 g/mol. The molecular formula is C25H40O2Si. The Hall–Kier alpha value is -0.903. The van der Waals surface area contributed by atoms with Gasteiger partial charge in [-0.05, 0) is 47.9 Å². The molecule has 1 aromatic carbocycles. The zero-order valence-corrected chi connectivity index (χ0v) is 20.3. The van der Waals surface area contributed by atoms with Crippen LogP contribution < -0.4 is 0 Å². The summed E-state index contributed by atoms with van der Waals surface area (Å²) in [6.07, 6.45) is 5.14. The molecule has 2 aliphatic carbocycles. The Kier molecular flexibility index (Phi) is 5.77. The van der Waals surface area contributed by atoms with Crippen molar-refractivity contribution in [2.45, 2.75) is 85.2 Å². The Morgan fingerprint density at radius 1 is 1.11 bits per heavy atom. The van der Waals surface area contributed by atoms with Gasteiger partial charge in [-0.25, -0.2) is 0 Å². The predicted molar refractivity (Wildman–Crippen MR) is 121 cm³/mol. The number of fused-ring (bicyclic) bond motifs is 1. The van der Waals surface area contributed by atoms with Crippen LogP contribution in [0.15, 0.2) is 42.0 Å². The molecule has 1 aromatic rings. The van der Waals surface area contributed by atoms with Crippen molar-refractivity contribution in [3.8, 4) is 0 Å². The third-order valence-electron chi connectivity index (χ3n) is 7.73. The standard InChI is InChI=1S/C25H40O2Si/c1-23(2,3)28(7,8)27-21-14-16-24(4,5)22-20(25(21,22)6)15-17-26-18-19-12-10-9-11-13-19/h9-13,15,21-22H,14,16-18H2,1-8H3/b20-15+/t21-,22+,25-/m0/s1. The zero-order chi connectivity index (χ0) is 20.8. The van der Waals surface area contributed by atoms with Gasteiger partial charge in [0.15, 0.2) is 8.32 Å². The molecule has 3 atom stereocenters. The lowest BCUT2D eigenvalue weighted by Crippen LogP contribution is -2.48. The minimum Gasteiger partial charge on any atom is -0.413 e. The first-order chi connectivity index (χ1) is 12.9. The maximum atomic E-state index is 6.96. The van der Waals surface area contributed by atoms with Crippen LogP contribution in [-0.4, -0.2) is 21.0 Å². The first kappa shape index (κ1) is 21.8. The van der Waals surface area contributed by atoms with Crippen LogP contribution in [0.5, 0.6) is 0 Å². The molecule has 0 saturated heterocycles. The second-order valence-electron chi connectivity index (χ2n) is 11.3. The van der Waals surface area contributed by atoms with Crippen LogP contribution in [-0.2, 0) is 15.8 Å². The van der Waals surface area contributed by atoms with Gasteiger partial charge < -0.3 is 9.16 Å². The van der Waals surface area contributed by atoms with Gasteiger partial charge in [0.05, 0.1) is 19.3 Å².